The highest BCUT2D eigenvalue weighted by molar-refractivity contribution is 7.25. The van der Waals surface area contributed by atoms with Crippen LogP contribution in [0.1, 0.15) is 22.3 Å². The molecule has 8 aromatic carbocycles. The van der Waals surface area contributed by atoms with E-state index in [0.29, 0.717) is 17.5 Å². The average Bonchev–Trinajstić information content (AvgIpc) is 3.80. The predicted molar refractivity (Wildman–Crippen MR) is 232 cm³/mol. The van der Waals surface area contributed by atoms with Crippen LogP contribution in [0.2, 0.25) is 0 Å². The molecule has 0 aliphatic heterocycles. The van der Waals surface area contributed by atoms with Crippen LogP contribution in [-0.4, -0.2) is 15.0 Å². The zero-order valence-corrected chi connectivity index (χ0v) is 31.1. The third-order valence-corrected chi connectivity index (χ3v) is 12.4. The number of thiophene rings is 1. The summed E-state index contributed by atoms with van der Waals surface area (Å²) >= 11 is 1.84. The Morgan fingerprint density at radius 2 is 0.821 bits per heavy atom. The van der Waals surface area contributed by atoms with Gasteiger partial charge in [-0.1, -0.05) is 176 Å². The van der Waals surface area contributed by atoms with Crippen LogP contribution in [0, 0.1) is 0 Å². The maximum atomic E-state index is 5.18. The first-order chi connectivity index (χ1) is 27.7. The summed E-state index contributed by atoms with van der Waals surface area (Å²) in [5, 5.41) is 2.60. The zero-order chi connectivity index (χ0) is 37.1. The fraction of sp³-hybridized carbons (Fsp3) is 0.0192. The number of rotatable bonds is 6. The largest absolute Gasteiger partial charge is 0.208 e. The summed E-state index contributed by atoms with van der Waals surface area (Å²) in [5.41, 5.74) is 12.1. The van der Waals surface area contributed by atoms with Gasteiger partial charge in [-0.05, 0) is 68.8 Å². The molecular weight excluding hydrogens is 699 g/mol. The number of hydrogen-bond donors (Lipinski definition) is 0. The Labute approximate surface area is 329 Å². The lowest BCUT2D eigenvalue weighted by molar-refractivity contribution is 0.768. The molecule has 56 heavy (non-hydrogen) atoms. The van der Waals surface area contributed by atoms with Crippen LogP contribution in [0.5, 0.6) is 0 Å². The smallest absolute Gasteiger partial charge is 0.164 e. The molecule has 262 valence electrons. The van der Waals surface area contributed by atoms with Crippen molar-refractivity contribution >= 4 is 31.5 Å². The molecule has 10 aromatic rings. The third kappa shape index (κ3) is 5.14. The first kappa shape index (κ1) is 32.4. The monoisotopic (exact) mass is 731 g/mol. The lowest BCUT2D eigenvalue weighted by Gasteiger charge is -2.33. The van der Waals surface area contributed by atoms with Crippen LogP contribution in [-0.2, 0) is 5.41 Å². The fourth-order valence-electron chi connectivity index (χ4n) is 8.66. The van der Waals surface area contributed by atoms with E-state index < -0.39 is 5.41 Å². The standard InChI is InChI=1S/C52H33N3S/c1-4-14-35(15-5-1)49-53-50(36-26-24-34(25-27-36)37-29-31-48-44(32-37)42-21-11-13-23-47(42)56-48)55-51(54-49)38-28-30-46-43(33-38)41-20-10-12-22-45(41)52(46,39-16-6-2-7-17-39)40-18-8-3-9-19-40/h1-33H. The Hall–Kier alpha value is -7.01. The topological polar surface area (TPSA) is 38.7 Å². The van der Waals surface area contributed by atoms with Crippen molar-refractivity contribution in [2.75, 3.05) is 0 Å². The summed E-state index contributed by atoms with van der Waals surface area (Å²) in [6.45, 7) is 0. The van der Waals surface area contributed by atoms with Gasteiger partial charge in [0.05, 0.1) is 5.41 Å². The molecule has 0 unspecified atom stereocenters. The van der Waals surface area contributed by atoms with Crippen LogP contribution in [0.3, 0.4) is 0 Å². The second kappa shape index (κ2) is 13.1. The molecule has 11 rings (SSSR count). The molecule has 0 saturated carbocycles. The van der Waals surface area contributed by atoms with E-state index in [1.807, 2.05) is 29.5 Å². The van der Waals surface area contributed by atoms with Crippen LogP contribution < -0.4 is 0 Å². The quantitative estimate of drug-likeness (QED) is 0.171. The van der Waals surface area contributed by atoms with Gasteiger partial charge in [0.15, 0.2) is 17.5 Å². The number of hydrogen-bond acceptors (Lipinski definition) is 4. The summed E-state index contributed by atoms with van der Waals surface area (Å²) in [5.74, 6) is 1.93. The molecule has 1 aliphatic carbocycles. The van der Waals surface area contributed by atoms with E-state index in [1.54, 1.807) is 0 Å². The number of fused-ring (bicyclic) bond motifs is 6. The highest BCUT2D eigenvalue weighted by atomic mass is 32.1. The number of benzene rings is 8. The molecule has 0 radical (unpaired) electrons. The van der Waals surface area contributed by atoms with Crippen molar-refractivity contribution in [3.05, 3.63) is 222 Å². The molecule has 0 atom stereocenters. The number of nitrogens with zero attached hydrogens (tertiary/aromatic N) is 3. The lowest BCUT2D eigenvalue weighted by Crippen LogP contribution is -2.28. The minimum Gasteiger partial charge on any atom is -0.208 e. The van der Waals surface area contributed by atoms with Crippen molar-refractivity contribution < 1.29 is 0 Å². The third-order valence-electron chi connectivity index (χ3n) is 11.2. The van der Waals surface area contributed by atoms with Crippen LogP contribution in [0.25, 0.3) is 76.6 Å². The van der Waals surface area contributed by atoms with Gasteiger partial charge in [-0.25, -0.2) is 15.0 Å². The molecule has 0 amide bonds. The highest BCUT2D eigenvalue weighted by Crippen LogP contribution is 2.56. The van der Waals surface area contributed by atoms with Gasteiger partial charge in [-0.2, -0.15) is 0 Å². The predicted octanol–water partition coefficient (Wildman–Crippen LogP) is 13.3. The molecule has 2 heterocycles. The summed E-state index contributed by atoms with van der Waals surface area (Å²) in [7, 11) is 0. The van der Waals surface area contributed by atoms with Gasteiger partial charge in [0, 0.05) is 36.9 Å². The molecule has 1 aliphatic rings. The van der Waals surface area contributed by atoms with Crippen LogP contribution in [0.15, 0.2) is 200 Å². The lowest BCUT2D eigenvalue weighted by atomic mass is 9.67. The molecule has 3 nitrogen and oxygen atoms in total. The van der Waals surface area contributed by atoms with E-state index in [-0.39, 0.29) is 0 Å². The van der Waals surface area contributed by atoms with Crippen molar-refractivity contribution in [3.8, 4) is 56.4 Å². The van der Waals surface area contributed by atoms with E-state index >= 15 is 0 Å². The normalized spacial score (nSPS) is 12.8. The van der Waals surface area contributed by atoms with Crippen LogP contribution >= 0.6 is 11.3 Å². The Morgan fingerprint density at radius 3 is 1.54 bits per heavy atom. The average molecular weight is 732 g/mol. The number of aromatic nitrogens is 3. The van der Waals surface area contributed by atoms with E-state index in [1.165, 1.54) is 59.1 Å². The summed E-state index contributed by atoms with van der Waals surface area (Å²) in [6.07, 6.45) is 0. The fourth-order valence-corrected chi connectivity index (χ4v) is 9.74. The van der Waals surface area contributed by atoms with Gasteiger partial charge >= 0.3 is 0 Å². The maximum absolute atomic E-state index is 5.18. The van der Waals surface area contributed by atoms with Crippen LogP contribution in [0.4, 0.5) is 0 Å². The van der Waals surface area contributed by atoms with Crippen molar-refractivity contribution in [2.24, 2.45) is 0 Å². The van der Waals surface area contributed by atoms with Gasteiger partial charge in [0.2, 0.25) is 0 Å². The van der Waals surface area contributed by atoms with Crippen molar-refractivity contribution in [3.63, 3.8) is 0 Å². The Morgan fingerprint density at radius 1 is 0.321 bits per heavy atom. The Bertz CT molecular complexity index is 3020. The molecule has 0 N–H and O–H groups in total. The zero-order valence-electron chi connectivity index (χ0n) is 30.3. The molecule has 0 fully saturated rings. The molecule has 2 aromatic heterocycles. The second-order valence-electron chi connectivity index (χ2n) is 14.3. The summed E-state index contributed by atoms with van der Waals surface area (Å²) in [4.78, 5) is 15.4. The minimum absolute atomic E-state index is 0.463. The van der Waals surface area contributed by atoms with Crippen molar-refractivity contribution in [1.82, 2.24) is 15.0 Å². The van der Waals surface area contributed by atoms with Gasteiger partial charge in [-0.3, -0.25) is 0 Å². The summed E-state index contributed by atoms with van der Waals surface area (Å²) < 4.78 is 2.62. The molecule has 0 saturated heterocycles. The van der Waals surface area contributed by atoms with E-state index in [9.17, 15) is 0 Å². The molecule has 4 heteroatoms. The first-order valence-electron chi connectivity index (χ1n) is 18.9. The summed E-state index contributed by atoms with van der Waals surface area (Å²) in [6, 6.07) is 71.6. The maximum Gasteiger partial charge on any atom is 0.164 e. The SMILES string of the molecule is c1ccc(-c2nc(-c3ccc(-c4ccc5sc6ccccc6c5c4)cc3)nc(-c3ccc4c(c3)-c3ccccc3C4(c3ccccc3)c3ccccc3)n2)cc1. The molecule has 0 spiro atoms. The second-order valence-corrected chi connectivity index (χ2v) is 15.4. The van der Waals surface area contributed by atoms with E-state index in [4.69, 9.17) is 15.0 Å². The van der Waals surface area contributed by atoms with Gasteiger partial charge in [-0.15, -0.1) is 11.3 Å². The Balaban J connectivity index is 1.05. The highest BCUT2D eigenvalue weighted by Gasteiger charge is 2.46. The molecular formula is C52H33N3S. The van der Waals surface area contributed by atoms with Gasteiger partial charge in [0.25, 0.3) is 0 Å². The van der Waals surface area contributed by atoms with Crippen molar-refractivity contribution in [2.45, 2.75) is 5.41 Å². The van der Waals surface area contributed by atoms with Crippen molar-refractivity contribution in [1.29, 1.82) is 0 Å². The van der Waals surface area contributed by atoms with Gasteiger partial charge in [0.1, 0.15) is 0 Å². The molecule has 0 bridgehead atoms. The van der Waals surface area contributed by atoms with E-state index in [0.717, 1.165) is 22.3 Å². The first-order valence-corrected chi connectivity index (χ1v) is 19.8. The minimum atomic E-state index is -0.463. The van der Waals surface area contributed by atoms with E-state index in [2.05, 4.69) is 182 Å². The Kier molecular flexibility index (Phi) is 7.58. The van der Waals surface area contributed by atoms with Gasteiger partial charge < -0.3 is 0 Å².